The third kappa shape index (κ3) is 5.41. The molecule has 6 nitrogen and oxygen atoms in total. The van der Waals surface area contributed by atoms with Crippen LogP contribution < -0.4 is 10.1 Å². The van der Waals surface area contributed by atoms with Gasteiger partial charge in [-0.3, -0.25) is 4.79 Å². The molecule has 0 aliphatic carbocycles. The lowest BCUT2D eigenvalue weighted by atomic mass is 10.3. The van der Waals surface area contributed by atoms with Crippen LogP contribution in [0.5, 0.6) is 5.75 Å². The Morgan fingerprint density at radius 3 is 2.64 bits per heavy atom. The average Bonchev–Trinajstić information content (AvgIpc) is 3.10. The summed E-state index contributed by atoms with van der Waals surface area (Å²) in [6, 6.07) is 14.5. The highest BCUT2D eigenvalue weighted by Gasteiger charge is 2.14. The average molecular weight is 437 g/mol. The molecule has 3 rings (SSSR count). The van der Waals surface area contributed by atoms with Gasteiger partial charge in [-0.25, -0.2) is 0 Å². The van der Waals surface area contributed by atoms with E-state index in [1.54, 1.807) is 18.2 Å². The van der Waals surface area contributed by atoms with E-state index in [0.717, 1.165) is 5.75 Å². The Hall–Kier alpha value is -2.22. The van der Waals surface area contributed by atoms with Crippen LogP contribution in [0.1, 0.15) is 12.7 Å². The molecule has 0 saturated heterocycles. The summed E-state index contributed by atoms with van der Waals surface area (Å²) < 4.78 is 7.67. The number of anilines is 1. The number of halogens is 2. The fourth-order valence-corrected chi connectivity index (χ4v) is 3.54. The van der Waals surface area contributed by atoms with Crippen LogP contribution in [0.25, 0.3) is 0 Å². The van der Waals surface area contributed by atoms with Gasteiger partial charge >= 0.3 is 0 Å². The molecule has 28 heavy (non-hydrogen) atoms. The Morgan fingerprint density at radius 2 is 1.93 bits per heavy atom. The Balaban J connectivity index is 1.57. The molecule has 146 valence electrons. The van der Waals surface area contributed by atoms with Crippen LogP contribution >= 0.6 is 35.0 Å². The number of rotatable bonds is 8. The largest absolute Gasteiger partial charge is 0.486 e. The van der Waals surface area contributed by atoms with Gasteiger partial charge in [0.2, 0.25) is 5.91 Å². The number of para-hydroxylation sites is 1. The van der Waals surface area contributed by atoms with Crippen molar-refractivity contribution < 1.29 is 9.53 Å². The number of carbonyl (C=O) groups excluding carboxylic acids is 1. The lowest BCUT2D eigenvalue weighted by Gasteiger charge is -2.09. The fourth-order valence-electron chi connectivity index (χ4n) is 2.42. The quantitative estimate of drug-likeness (QED) is 0.507. The van der Waals surface area contributed by atoms with Crippen LogP contribution in [0.15, 0.2) is 53.7 Å². The highest BCUT2D eigenvalue weighted by molar-refractivity contribution is 7.99. The number of aromatic nitrogens is 3. The molecule has 0 aliphatic rings. The van der Waals surface area contributed by atoms with E-state index in [1.807, 2.05) is 41.8 Å². The van der Waals surface area contributed by atoms with Crippen molar-refractivity contribution >= 4 is 46.6 Å². The third-order valence-corrected chi connectivity index (χ3v) is 5.46. The first-order chi connectivity index (χ1) is 13.6. The van der Waals surface area contributed by atoms with Crippen LogP contribution in [0.4, 0.5) is 5.69 Å². The minimum atomic E-state index is -0.170. The number of nitrogens with one attached hydrogen (secondary N) is 1. The first-order valence-electron chi connectivity index (χ1n) is 8.54. The van der Waals surface area contributed by atoms with Gasteiger partial charge in [-0.15, -0.1) is 10.2 Å². The van der Waals surface area contributed by atoms with Gasteiger partial charge in [0.15, 0.2) is 11.0 Å². The number of hydrogen-bond donors (Lipinski definition) is 1. The van der Waals surface area contributed by atoms with Gasteiger partial charge < -0.3 is 14.6 Å². The number of benzene rings is 2. The molecule has 0 fully saturated rings. The zero-order valence-electron chi connectivity index (χ0n) is 15.1. The van der Waals surface area contributed by atoms with Crippen molar-refractivity contribution in [3.63, 3.8) is 0 Å². The van der Waals surface area contributed by atoms with E-state index in [4.69, 9.17) is 27.9 Å². The topological polar surface area (TPSA) is 69.0 Å². The molecule has 2 aromatic carbocycles. The normalized spacial score (nSPS) is 10.7. The highest BCUT2D eigenvalue weighted by Crippen LogP contribution is 2.25. The zero-order valence-corrected chi connectivity index (χ0v) is 17.4. The summed E-state index contributed by atoms with van der Waals surface area (Å²) in [6.07, 6.45) is 0. The Bertz CT molecular complexity index is 950. The van der Waals surface area contributed by atoms with Crippen LogP contribution in [0.3, 0.4) is 0 Å². The monoisotopic (exact) mass is 436 g/mol. The van der Waals surface area contributed by atoms with Crippen LogP contribution in [0.2, 0.25) is 10.0 Å². The smallest absolute Gasteiger partial charge is 0.234 e. The van der Waals surface area contributed by atoms with Gasteiger partial charge in [-0.2, -0.15) is 0 Å². The molecule has 1 heterocycles. The van der Waals surface area contributed by atoms with E-state index in [2.05, 4.69) is 15.5 Å². The maximum absolute atomic E-state index is 12.2. The number of amides is 1. The molecule has 0 atom stereocenters. The molecule has 0 aliphatic heterocycles. The van der Waals surface area contributed by atoms with Crippen molar-refractivity contribution in [1.82, 2.24) is 14.8 Å². The maximum Gasteiger partial charge on any atom is 0.234 e. The van der Waals surface area contributed by atoms with Crippen molar-refractivity contribution in [3.05, 3.63) is 64.4 Å². The number of thioether (sulfide) groups is 1. The maximum atomic E-state index is 12.2. The molecule has 0 unspecified atom stereocenters. The van der Waals surface area contributed by atoms with Crippen molar-refractivity contribution in [3.8, 4) is 5.75 Å². The summed E-state index contributed by atoms with van der Waals surface area (Å²) in [5.74, 6) is 1.50. The highest BCUT2D eigenvalue weighted by atomic mass is 35.5. The Labute approximate surface area is 177 Å². The lowest BCUT2D eigenvalue weighted by molar-refractivity contribution is -0.113. The predicted octanol–water partition coefficient (Wildman–Crippen LogP) is 4.91. The Kier molecular flexibility index (Phi) is 7.19. The fraction of sp³-hybridized carbons (Fsp3) is 0.211. The second-order valence-electron chi connectivity index (χ2n) is 5.71. The number of nitrogens with zero attached hydrogens (tertiary/aromatic N) is 3. The standard InChI is InChI=1S/C19H18Cl2N4O2S/c1-2-25-17(11-27-14-6-4-3-5-7-14)23-24-19(25)28-12-18(26)22-13-8-9-15(20)16(21)10-13/h3-10H,2,11-12H2,1H3,(H,22,26). The summed E-state index contributed by atoms with van der Waals surface area (Å²) in [5, 5.41) is 12.7. The molecule has 0 saturated carbocycles. The molecule has 0 radical (unpaired) electrons. The van der Waals surface area contributed by atoms with Gasteiger partial charge in [0.05, 0.1) is 15.8 Å². The second kappa shape index (κ2) is 9.82. The summed E-state index contributed by atoms with van der Waals surface area (Å²) >= 11 is 13.2. The minimum Gasteiger partial charge on any atom is -0.486 e. The molecule has 0 spiro atoms. The van der Waals surface area contributed by atoms with Gasteiger partial charge in [-0.1, -0.05) is 53.2 Å². The molecule has 1 aromatic heterocycles. The molecular weight excluding hydrogens is 419 g/mol. The van der Waals surface area contributed by atoms with Crippen LogP contribution in [0, 0.1) is 0 Å². The van der Waals surface area contributed by atoms with Crippen molar-refractivity contribution in [2.45, 2.75) is 25.2 Å². The SMILES string of the molecule is CCn1c(COc2ccccc2)nnc1SCC(=O)Nc1ccc(Cl)c(Cl)c1. The molecule has 3 aromatic rings. The summed E-state index contributed by atoms with van der Waals surface area (Å²) in [5.41, 5.74) is 0.592. The zero-order chi connectivity index (χ0) is 19.9. The van der Waals surface area contributed by atoms with Gasteiger partial charge in [0.25, 0.3) is 0 Å². The summed E-state index contributed by atoms with van der Waals surface area (Å²) in [6.45, 7) is 2.98. The third-order valence-electron chi connectivity index (χ3n) is 3.76. The second-order valence-corrected chi connectivity index (χ2v) is 7.47. The number of hydrogen-bond acceptors (Lipinski definition) is 5. The Morgan fingerprint density at radius 1 is 1.14 bits per heavy atom. The van der Waals surface area contributed by atoms with E-state index >= 15 is 0 Å². The van der Waals surface area contributed by atoms with Crippen molar-refractivity contribution in [2.24, 2.45) is 0 Å². The van der Waals surface area contributed by atoms with E-state index in [1.165, 1.54) is 11.8 Å². The number of carbonyl (C=O) groups is 1. The van der Waals surface area contributed by atoms with E-state index in [0.29, 0.717) is 39.9 Å². The van der Waals surface area contributed by atoms with Crippen molar-refractivity contribution in [2.75, 3.05) is 11.1 Å². The minimum absolute atomic E-state index is 0.170. The predicted molar refractivity (Wildman–Crippen MR) is 112 cm³/mol. The van der Waals surface area contributed by atoms with Crippen molar-refractivity contribution in [1.29, 1.82) is 0 Å². The summed E-state index contributed by atoms with van der Waals surface area (Å²) in [4.78, 5) is 12.2. The van der Waals surface area contributed by atoms with E-state index < -0.39 is 0 Å². The molecular formula is C19H18Cl2N4O2S. The summed E-state index contributed by atoms with van der Waals surface area (Å²) in [7, 11) is 0. The molecule has 1 N–H and O–H groups in total. The first-order valence-corrected chi connectivity index (χ1v) is 10.3. The van der Waals surface area contributed by atoms with Crippen LogP contribution in [-0.2, 0) is 17.9 Å². The number of ether oxygens (including phenoxy) is 1. The molecule has 1 amide bonds. The lowest BCUT2D eigenvalue weighted by Crippen LogP contribution is -2.15. The van der Waals surface area contributed by atoms with Gasteiger partial charge in [0.1, 0.15) is 12.4 Å². The van der Waals surface area contributed by atoms with Crippen LogP contribution in [-0.4, -0.2) is 26.4 Å². The van der Waals surface area contributed by atoms with Gasteiger partial charge in [-0.05, 0) is 37.3 Å². The van der Waals surface area contributed by atoms with E-state index in [9.17, 15) is 4.79 Å². The molecule has 0 bridgehead atoms. The first kappa shape index (κ1) is 20.5. The van der Waals surface area contributed by atoms with E-state index in [-0.39, 0.29) is 11.7 Å². The molecule has 9 heteroatoms. The van der Waals surface area contributed by atoms with Gasteiger partial charge in [0, 0.05) is 12.2 Å².